The zero-order chi connectivity index (χ0) is 15.2. The van der Waals surface area contributed by atoms with Crippen molar-refractivity contribution in [2.75, 3.05) is 18.2 Å². The van der Waals surface area contributed by atoms with Gasteiger partial charge in [-0.05, 0) is 49.1 Å². The molecule has 0 N–H and O–H groups in total. The van der Waals surface area contributed by atoms with Gasteiger partial charge in [-0.2, -0.15) is 0 Å². The van der Waals surface area contributed by atoms with Crippen molar-refractivity contribution in [3.8, 4) is 0 Å². The molecule has 2 aliphatic carbocycles. The Kier molecular flexibility index (Phi) is 6.12. The van der Waals surface area contributed by atoms with Gasteiger partial charge in [0.05, 0.1) is 0 Å². The lowest BCUT2D eigenvalue weighted by atomic mass is 9.99. The summed E-state index contributed by atoms with van der Waals surface area (Å²) in [5.74, 6) is 1.15. The molecule has 3 rings (SSSR count). The minimum Gasteiger partial charge on any atom is -0.356 e. The highest BCUT2D eigenvalue weighted by molar-refractivity contribution is 7.59. The van der Waals surface area contributed by atoms with Gasteiger partial charge >= 0.3 is 0 Å². The number of pyridine rings is 1. The molecule has 22 heavy (non-hydrogen) atoms. The maximum atomic E-state index is 4.56. The molecule has 2 saturated carbocycles. The summed E-state index contributed by atoms with van der Waals surface area (Å²) in [5, 5.41) is 0. The maximum absolute atomic E-state index is 4.56. The third-order valence-electron chi connectivity index (χ3n) is 5.50. The van der Waals surface area contributed by atoms with Crippen LogP contribution in [-0.4, -0.2) is 29.6 Å². The van der Waals surface area contributed by atoms with E-state index in [4.69, 9.17) is 0 Å². The maximum Gasteiger partial charge on any atom is 0.128 e. The quantitative estimate of drug-likeness (QED) is 0.655. The first kappa shape index (κ1) is 16.2. The molecule has 122 valence electrons. The van der Waals surface area contributed by atoms with E-state index in [1.54, 1.807) is 0 Å². The van der Waals surface area contributed by atoms with Crippen molar-refractivity contribution in [3.63, 3.8) is 0 Å². The normalized spacial score (nSPS) is 21.2. The molecule has 0 unspecified atom stereocenters. The molecule has 2 nitrogen and oxygen atoms in total. The zero-order valence-electron chi connectivity index (χ0n) is 14.1. The van der Waals surface area contributed by atoms with Crippen molar-refractivity contribution >= 4 is 13.7 Å². The van der Waals surface area contributed by atoms with Gasteiger partial charge < -0.3 is 4.90 Å². The third kappa shape index (κ3) is 4.22. The summed E-state index contributed by atoms with van der Waals surface area (Å²) in [6.45, 7) is 0. The largest absolute Gasteiger partial charge is 0.356 e. The average molecular weight is 318 g/mol. The van der Waals surface area contributed by atoms with Crippen LogP contribution in [0.4, 0.5) is 5.82 Å². The molecule has 0 aliphatic heterocycles. The van der Waals surface area contributed by atoms with E-state index in [1.807, 2.05) is 12.3 Å². The molecule has 0 amide bonds. The molecule has 0 saturated heterocycles. The highest BCUT2D eigenvalue weighted by Gasteiger charge is 2.31. The number of aromatic nitrogens is 1. The van der Waals surface area contributed by atoms with E-state index in [1.165, 1.54) is 70.5 Å². The predicted molar refractivity (Wildman–Crippen MR) is 98.2 cm³/mol. The van der Waals surface area contributed by atoms with Gasteiger partial charge in [-0.3, -0.25) is 0 Å². The summed E-state index contributed by atoms with van der Waals surface area (Å²) in [4.78, 5) is 7.00. The van der Waals surface area contributed by atoms with E-state index in [0.29, 0.717) is 0 Å². The molecule has 0 aromatic carbocycles. The second kappa shape index (κ2) is 8.29. The van der Waals surface area contributed by atoms with Crippen LogP contribution in [0, 0.1) is 0 Å². The molecule has 0 spiro atoms. The van der Waals surface area contributed by atoms with E-state index in [9.17, 15) is 0 Å². The summed E-state index contributed by atoms with van der Waals surface area (Å²) in [5.41, 5.74) is 2.05. The first-order valence-electron chi connectivity index (χ1n) is 9.22. The molecule has 1 heterocycles. The summed E-state index contributed by atoms with van der Waals surface area (Å²) < 4.78 is 0. The Morgan fingerprint density at radius 1 is 0.955 bits per heavy atom. The lowest BCUT2D eigenvalue weighted by molar-refractivity contribution is 0.484. The van der Waals surface area contributed by atoms with Gasteiger partial charge in [-0.1, -0.05) is 52.5 Å². The highest BCUT2D eigenvalue weighted by atomic mass is 31.1. The summed E-state index contributed by atoms with van der Waals surface area (Å²) in [6, 6.07) is 6.29. The fourth-order valence-electron chi connectivity index (χ4n) is 4.25. The molecule has 1 aromatic rings. The molecule has 0 bridgehead atoms. The van der Waals surface area contributed by atoms with E-state index < -0.39 is 0 Å². The van der Waals surface area contributed by atoms with Crippen LogP contribution in [-0.2, 0) is 0 Å². The summed E-state index contributed by atoms with van der Waals surface area (Å²) >= 11 is 0. The van der Waals surface area contributed by atoms with Crippen LogP contribution < -0.4 is 4.90 Å². The first-order chi connectivity index (χ1) is 10.8. The highest BCUT2D eigenvalue weighted by Crippen LogP contribution is 2.56. The molecule has 0 atom stereocenters. The fourth-order valence-corrected chi connectivity index (χ4v) is 8.00. The topological polar surface area (TPSA) is 16.1 Å². The fraction of sp³-hybridized carbons (Fsp3) is 0.737. The average Bonchev–Trinajstić information content (AvgIpc) is 2.62. The van der Waals surface area contributed by atoms with Crippen LogP contribution in [0.15, 0.2) is 24.4 Å². The number of rotatable bonds is 5. The standard InChI is InChI=1S/C19H31N2P/c1-21(19-14-8-9-15-20-19)16-22(17-10-4-2-5-11-17)18-12-6-3-7-13-18/h8-9,14-15,17-18H,2-7,10-13,16H2,1H3. The molecule has 2 aliphatic rings. The van der Waals surface area contributed by atoms with Gasteiger partial charge in [0.2, 0.25) is 0 Å². The van der Waals surface area contributed by atoms with Gasteiger partial charge in [0.25, 0.3) is 0 Å². The SMILES string of the molecule is CN(CP(C1CCCCC1)C1CCCCC1)c1ccccn1. The molecule has 3 heteroatoms. The predicted octanol–water partition coefficient (Wildman–Crippen LogP) is 5.62. The van der Waals surface area contributed by atoms with Crippen LogP contribution >= 0.6 is 7.92 Å². The number of hydrogen-bond acceptors (Lipinski definition) is 2. The summed E-state index contributed by atoms with van der Waals surface area (Å²) in [6.07, 6.45) is 18.0. The number of nitrogens with zero attached hydrogens (tertiary/aromatic N) is 2. The van der Waals surface area contributed by atoms with E-state index in [2.05, 4.69) is 29.1 Å². The summed E-state index contributed by atoms with van der Waals surface area (Å²) in [7, 11) is 2.38. The Morgan fingerprint density at radius 2 is 1.55 bits per heavy atom. The minimum absolute atomic E-state index is 0.126. The van der Waals surface area contributed by atoms with Crippen molar-refractivity contribution in [1.82, 2.24) is 4.98 Å². The number of anilines is 1. The van der Waals surface area contributed by atoms with Crippen LogP contribution in [0.5, 0.6) is 0 Å². The van der Waals surface area contributed by atoms with E-state index in [-0.39, 0.29) is 7.92 Å². The Bertz CT molecular complexity index is 406. The third-order valence-corrected chi connectivity index (χ3v) is 9.16. The van der Waals surface area contributed by atoms with Crippen molar-refractivity contribution in [2.45, 2.75) is 75.5 Å². The van der Waals surface area contributed by atoms with Gasteiger partial charge in [0.1, 0.15) is 5.82 Å². The van der Waals surface area contributed by atoms with Gasteiger partial charge in [-0.25, -0.2) is 4.98 Å². The Balaban J connectivity index is 1.69. The monoisotopic (exact) mass is 318 g/mol. The van der Waals surface area contributed by atoms with Crippen molar-refractivity contribution in [3.05, 3.63) is 24.4 Å². The molecule has 1 aromatic heterocycles. The van der Waals surface area contributed by atoms with Crippen LogP contribution in [0.1, 0.15) is 64.2 Å². The molecule has 0 radical (unpaired) electrons. The van der Waals surface area contributed by atoms with E-state index in [0.717, 1.165) is 17.1 Å². The lowest BCUT2D eigenvalue weighted by Crippen LogP contribution is -2.28. The smallest absolute Gasteiger partial charge is 0.128 e. The molecular weight excluding hydrogens is 287 g/mol. The first-order valence-corrected chi connectivity index (χ1v) is 10.9. The molecule has 2 fully saturated rings. The van der Waals surface area contributed by atoms with Crippen molar-refractivity contribution < 1.29 is 0 Å². The number of hydrogen-bond donors (Lipinski definition) is 0. The van der Waals surface area contributed by atoms with Crippen LogP contribution in [0.3, 0.4) is 0 Å². The Morgan fingerprint density at radius 3 is 2.05 bits per heavy atom. The zero-order valence-corrected chi connectivity index (χ0v) is 15.0. The van der Waals surface area contributed by atoms with Gasteiger partial charge in [0, 0.05) is 19.5 Å². The van der Waals surface area contributed by atoms with Crippen molar-refractivity contribution in [1.29, 1.82) is 0 Å². The van der Waals surface area contributed by atoms with Crippen LogP contribution in [0.25, 0.3) is 0 Å². The van der Waals surface area contributed by atoms with Gasteiger partial charge in [-0.15, -0.1) is 0 Å². The lowest BCUT2D eigenvalue weighted by Gasteiger charge is -2.40. The second-order valence-corrected chi connectivity index (χ2v) is 9.90. The van der Waals surface area contributed by atoms with Crippen molar-refractivity contribution in [2.24, 2.45) is 0 Å². The Hall–Kier alpha value is -0.620. The second-order valence-electron chi connectivity index (χ2n) is 7.13. The van der Waals surface area contributed by atoms with E-state index >= 15 is 0 Å². The van der Waals surface area contributed by atoms with Gasteiger partial charge in [0.15, 0.2) is 0 Å². The minimum atomic E-state index is 0.126. The van der Waals surface area contributed by atoms with Crippen LogP contribution in [0.2, 0.25) is 0 Å². The Labute approximate surface area is 137 Å². The molecular formula is C19H31N2P.